The van der Waals surface area contributed by atoms with E-state index >= 15 is 0 Å². The van der Waals surface area contributed by atoms with E-state index < -0.39 is 0 Å². The minimum atomic E-state index is -0.385. The summed E-state index contributed by atoms with van der Waals surface area (Å²) in [5.74, 6) is 1.97. The summed E-state index contributed by atoms with van der Waals surface area (Å²) >= 11 is 7.54. The molecule has 1 N–H and O–H groups in total. The number of carbonyl (C=O) groups is 1. The number of thioether (sulfide) groups is 1. The predicted molar refractivity (Wildman–Crippen MR) is 129 cm³/mol. The van der Waals surface area contributed by atoms with Gasteiger partial charge in [0, 0.05) is 17.8 Å². The molecule has 0 aliphatic carbocycles. The second-order valence-corrected chi connectivity index (χ2v) is 8.85. The molecule has 2 aromatic carbocycles. The van der Waals surface area contributed by atoms with E-state index in [-0.39, 0.29) is 11.2 Å². The molecule has 32 heavy (non-hydrogen) atoms. The molecule has 3 aromatic rings. The van der Waals surface area contributed by atoms with Gasteiger partial charge in [-0.05, 0) is 55.8 Å². The van der Waals surface area contributed by atoms with Crippen molar-refractivity contribution in [3.8, 4) is 22.9 Å². The number of halogens is 1. The third-order valence-corrected chi connectivity index (χ3v) is 6.25. The Labute approximate surface area is 197 Å². The summed E-state index contributed by atoms with van der Waals surface area (Å²) in [5.41, 5.74) is 1.56. The van der Waals surface area contributed by atoms with Crippen LogP contribution in [0.15, 0.2) is 47.6 Å². The number of aromatic nitrogens is 3. The maximum atomic E-state index is 12.8. The fourth-order valence-corrected chi connectivity index (χ4v) is 4.18. The normalized spacial score (nSPS) is 11.8. The van der Waals surface area contributed by atoms with Gasteiger partial charge in [0.25, 0.3) is 0 Å². The Morgan fingerprint density at radius 3 is 2.53 bits per heavy atom. The Bertz CT molecular complexity index is 1060. The minimum Gasteiger partial charge on any atom is -0.497 e. The van der Waals surface area contributed by atoms with Crippen molar-refractivity contribution in [3.05, 3.63) is 47.5 Å². The number of amides is 1. The van der Waals surface area contributed by atoms with Crippen molar-refractivity contribution in [3.63, 3.8) is 0 Å². The summed E-state index contributed by atoms with van der Waals surface area (Å²) in [5, 5.41) is 12.5. The molecule has 0 bridgehead atoms. The number of nitrogens with zero attached hydrogens (tertiary/aromatic N) is 3. The first kappa shape index (κ1) is 23.9. The van der Waals surface area contributed by atoms with Gasteiger partial charge < -0.3 is 19.4 Å². The fraction of sp³-hybridized carbons (Fsp3) is 0.348. The molecule has 0 fully saturated rings. The van der Waals surface area contributed by atoms with Crippen molar-refractivity contribution in [2.45, 2.75) is 43.6 Å². The van der Waals surface area contributed by atoms with Crippen molar-refractivity contribution < 1.29 is 14.3 Å². The Morgan fingerprint density at radius 2 is 1.91 bits per heavy atom. The summed E-state index contributed by atoms with van der Waals surface area (Å²) in [6, 6.07) is 12.9. The average Bonchev–Trinajstić information content (AvgIpc) is 3.19. The molecule has 1 unspecified atom stereocenters. The van der Waals surface area contributed by atoms with E-state index in [2.05, 4.69) is 27.0 Å². The highest BCUT2D eigenvalue weighted by molar-refractivity contribution is 8.00. The lowest BCUT2D eigenvalue weighted by atomic mass is 10.2. The molecule has 1 aromatic heterocycles. The predicted octanol–water partition coefficient (Wildman–Crippen LogP) is 5.54. The molecule has 170 valence electrons. The second-order valence-electron chi connectivity index (χ2n) is 7.14. The number of nitrogens with one attached hydrogen (secondary N) is 1. The highest BCUT2D eigenvalue weighted by atomic mass is 35.5. The monoisotopic (exact) mass is 474 g/mol. The van der Waals surface area contributed by atoms with Crippen molar-refractivity contribution >= 4 is 35.0 Å². The number of carbonyl (C=O) groups excluding carboxylic acids is 1. The van der Waals surface area contributed by atoms with E-state index in [1.807, 2.05) is 31.2 Å². The molecule has 0 saturated heterocycles. The molecule has 0 aliphatic heterocycles. The van der Waals surface area contributed by atoms with Gasteiger partial charge in [0.15, 0.2) is 11.0 Å². The van der Waals surface area contributed by atoms with Gasteiger partial charge in [-0.2, -0.15) is 0 Å². The largest absolute Gasteiger partial charge is 0.497 e. The van der Waals surface area contributed by atoms with Crippen LogP contribution in [-0.2, 0) is 11.3 Å². The number of hydrogen-bond donors (Lipinski definition) is 1. The molecule has 0 spiro atoms. The van der Waals surface area contributed by atoms with Gasteiger partial charge in [-0.1, -0.05) is 36.7 Å². The lowest BCUT2D eigenvalue weighted by molar-refractivity contribution is -0.115. The van der Waals surface area contributed by atoms with Crippen LogP contribution in [0.3, 0.4) is 0 Å². The Balaban J connectivity index is 1.76. The Kier molecular flexibility index (Phi) is 8.41. The SMILES string of the molecule is CCCCn1c(SC(C)C(=O)Nc2ccc(OC)c(Cl)c2)nnc1-c1ccc(OC)cc1. The van der Waals surface area contributed by atoms with Gasteiger partial charge in [-0.15, -0.1) is 10.2 Å². The number of ether oxygens (including phenoxy) is 2. The molecule has 1 atom stereocenters. The Morgan fingerprint density at radius 1 is 1.16 bits per heavy atom. The molecule has 1 amide bonds. The maximum Gasteiger partial charge on any atom is 0.237 e. The molecule has 0 saturated carbocycles. The zero-order valence-electron chi connectivity index (χ0n) is 18.6. The second kappa shape index (κ2) is 11.2. The van der Waals surface area contributed by atoms with Crippen LogP contribution in [0, 0.1) is 0 Å². The highest BCUT2D eigenvalue weighted by Crippen LogP contribution is 2.30. The van der Waals surface area contributed by atoms with Crippen LogP contribution < -0.4 is 14.8 Å². The summed E-state index contributed by atoms with van der Waals surface area (Å²) < 4.78 is 12.5. The number of hydrogen-bond acceptors (Lipinski definition) is 6. The smallest absolute Gasteiger partial charge is 0.237 e. The Hall–Kier alpha value is -2.71. The third kappa shape index (κ3) is 5.75. The van der Waals surface area contributed by atoms with E-state index in [9.17, 15) is 4.79 Å². The summed E-state index contributed by atoms with van der Waals surface area (Å²) in [6.45, 7) is 4.76. The van der Waals surface area contributed by atoms with E-state index in [0.29, 0.717) is 21.6 Å². The number of benzene rings is 2. The molecule has 7 nitrogen and oxygen atoms in total. The first-order chi connectivity index (χ1) is 15.5. The lowest BCUT2D eigenvalue weighted by Crippen LogP contribution is -2.23. The zero-order valence-corrected chi connectivity index (χ0v) is 20.2. The van der Waals surface area contributed by atoms with E-state index in [0.717, 1.165) is 36.5 Å². The topological polar surface area (TPSA) is 78.3 Å². The molecular weight excluding hydrogens is 448 g/mol. The average molecular weight is 475 g/mol. The van der Waals surface area contributed by atoms with Gasteiger partial charge in [0.2, 0.25) is 5.91 Å². The van der Waals surface area contributed by atoms with Crippen molar-refractivity contribution in [1.82, 2.24) is 14.8 Å². The van der Waals surface area contributed by atoms with Crippen LogP contribution >= 0.6 is 23.4 Å². The van der Waals surface area contributed by atoms with Crippen LogP contribution in [0.25, 0.3) is 11.4 Å². The first-order valence-corrected chi connectivity index (χ1v) is 11.6. The van der Waals surface area contributed by atoms with Gasteiger partial charge >= 0.3 is 0 Å². The minimum absolute atomic E-state index is 0.146. The standard InChI is InChI=1S/C23H27ClN4O3S/c1-5-6-13-28-21(16-7-10-18(30-3)11-8-16)26-27-23(28)32-15(2)22(29)25-17-9-12-20(31-4)19(24)14-17/h7-12,14-15H,5-6,13H2,1-4H3,(H,25,29). The van der Waals surface area contributed by atoms with Gasteiger partial charge in [0.05, 0.1) is 24.5 Å². The van der Waals surface area contributed by atoms with Crippen LogP contribution in [0.4, 0.5) is 5.69 Å². The molecule has 0 radical (unpaired) electrons. The van der Waals surface area contributed by atoms with Crippen LogP contribution in [0.5, 0.6) is 11.5 Å². The summed E-state index contributed by atoms with van der Waals surface area (Å²) in [6.07, 6.45) is 2.03. The van der Waals surface area contributed by atoms with E-state index in [1.165, 1.54) is 11.8 Å². The van der Waals surface area contributed by atoms with Crippen LogP contribution in [0.1, 0.15) is 26.7 Å². The quantitative estimate of drug-likeness (QED) is 0.389. The number of anilines is 1. The third-order valence-electron chi connectivity index (χ3n) is 4.87. The lowest BCUT2D eigenvalue weighted by Gasteiger charge is -2.14. The molecular formula is C23H27ClN4O3S. The van der Waals surface area contributed by atoms with Crippen LogP contribution in [-0.4, -0.2) is 40.1 Å². The summed E-state index contributed by atoms with van der Waals surface area (Å²) in [4.78, 5) is 12.8. The van der Waals surface area contributed by atoms with Gasteiger partial charge in [-0.3, -0.25) is 4.79 Å². The number of rotatable bonds is 10. The fourth-order valence-electron chi connectivity index (χ4n) is 3.05. The maximum absolute atomic E-state index is 12.8. The first-order valence-electron chi connectivity index (χ1n) is 10.4. The summed E-state index contributed by atoms with van der Waals surface area (Å²) in [7, 11) is 3.19. The van der Waals surface area contributed by atoms with Crippen LogP contribution in [0.2, 0.25) is 5.02 Å². The zero-order chi connectivity index (χ0) is 23.1. The molecule has 1 heterocycles. The van der Waals surface area contributed by atoms with Crippen molar-refractivity contribution in [2.24, 2.45) is 0 Å². The molecule has 9 heteroatoms. The van der Waals surface area contributed by atoms with E-state index in [4.69, 9.17) is 21.1 Å². The molecule has 0 aliphatic rings. The van der Waals surface area contributed by atoms with Gasteiger partial charge in [-0.25, -0.2) is 0 Å². The van der Waals surface area contributed by atoms with E-state index in [1.54, 1.807) is 32.4 Å². The van der Waals surface area contributed by atoms with Crippen molar-refractivity contribution in [1.29, 1.82) is 0 Å². The number of methoxy groups -OCH3 is 2. The highest BCUT2D eigenvalue weighted by Gasteiger charge is 2.21. The van der Waals surface area contributed by atoms with Crippen molar-refractivity contribution in [2.75, 3.05) is 19.5 Å². The number of unbranched alkanes of at least 4 members (excludes halogenated alkanes) is 1. The molecule has 3 rings (SSSR count). The van der Waals surface area contributed by atoms with Gasteiger partial charge in [0.1, 0.15) is 11.5 Å².